The average Bonchev–Trinajstić information content (AvgIpc) is 1.83. The molecule has 0 unspecified atom stereocenters. The van der Waals surface area contributed by atoms with E-state index in [0.717, 1.165) is 0 Å². The largest absolute Gasteiger partial charge is 0.359 e. The lowest BCUT2D eigenvalue weighted by molar-refractivity contribution is 0.245. The second kappa shape index (κ2) is 3.53. The normalized spacial score (nSPS) is 9.44. The van der Waals surface area contributed by atoms with Gasteiger partial charge in [0.25, 0.3) is 0 Å². The van der Waals surface area contributed by atoms with Crippen LogP contribution in [0.1, 0.15) is 0 Å². The van der Waals surface area contributed by atoms with E-state index in [4.69, 9.17) is 0 Å². The molecule has 9 heavy (non-hydrogen) atoms. The van der Waals surface area contributed by atoms with Gasteiger partial charge in [-0.25, -0.2) is 9.59 Å². The summed E-state index contributed by atoms with van der Waals surface area (Å²) in [6, 6.07) is -1.69. The molecule has 0 spiro atoms. The van der Waals surface area contributed by atoms with Crippen molar-refractivity contribution in [2.75, 3.05) is 7.05 Å². The van der Waals surface area contributed by atoms with Gasteiger partial charge in [0.2, 0.25) is 0 Å². The van der Waals surface area contributed by atoms with Crippen molar-refractivity contribution in [3.05, 3.63) is 0 Å². The number of hydrogen-bond donors (Lipinski definition) is 2. The van der Waals surface area contributed by atoms with Crippen LogP contribution in [-0.2, 0) is 0 Å². The van der Waals surface area contributed by atoms with Crippen LogP contribution in [0.2, 0.25) is 0 Å². The molecule has 50 valence electrons. The molecule has 0 aromatic heterocycles. The van der Waals surface area contributed by atoms with Crippen molar-refractivity contribution >= 4 is 12.1 Å². The zero-order chi connectivity index (χ0) is 7.28. The van der Waals surface area contributed by atoms with Gasteiger partial charge in [0.1, 0.15) is 0 Å². The summed E-state index contributed by atoms with van der Waals surface area (Å²) < 4.78 is 0. The molecule has 0 aliphatic rings. The van der Waals surface area contributed by atoms with E-state index < -0.39 is 12.1 Å². The first-order chi connectivity index (χ1) is 4.16. The first-order valence-electron chi connectivity index (χ1n) is 2.09. The van der Waals surface area contributed by atoms with Crippen molar-refractivity contribution in [3.8, 4) is 0 Å². The molecule has 0 aliphatic carbocycles. The van der Waals surface area contributed by atoms with Crippen LogP contribution in [0.4, 0.5) is 9.59 Å². The number of rotatable bonds is 0. The van der Waals surface area contributed by atoms with Gasteiger partial charge in [0, 0.05) is 7.05 Å². The Bertz CT molecular complexity index is 152. The number of urea groups is 2. The number of nitrogens with two attached hydrogens (primary N) is 1. The zero-order valence-corrected chi connectivity index (χ0v) is 4.79. The topological polar surface area (TPSA) is 96.9 Å². The third-order valence-corrected chi connectivity index (χ3v) is 0.453. The van der Waals surface area contributed by atoms with Crippen LogP contribution in [0.5, 0.6) is 0 Å². The van der Waals surface area contributed by atoms with Crippen LogP contribution >= 0.6 is 0 Å². The number of carbonyl (C=O) groups is 2. The van der Waals surface area contributed by atoms with Gasteiger partial charge < -0.3 is 11.1 Å². The number of carbonyl (C=O) groups excluding carboxylic acids is 2. The smallest absolute Gasteiger partial charge is 0.348 e. The van der Waals surface area contributed by atoms with Crippen LogP contribution in [-0.4, -0.2) is 19.1 Å². The monoisotopic (exact) mass is 130 g/mol. The van der Waals surface area contributed by atoms with Gasteiger partial charge in [0.05, 0.1) is 0 Å². The molecule has 0 rings (SSSR count). The minimum atomic E-state index is -0.987. The number of hydrogen-bond acceptors (Lipinski definition) is 2. The van der Waals surface area contributed by atoms with E-state index in [1.54, 1.807) is 0 Å². The molecule has 4 amide bonds. The first kappa shape index (κ1) is 7.54. The fourth-order valence-electron chi connectivity index (χ4n) is 0.145. The maximum absolute atomic E-state index is 10.1. The predicted octanol–water partition coefficient (Wildman–Crippen LogP) is -0.143. The quantitative estimate of drug-likeness (QED) is 0.446. The highest BCUT2D eigenvalue weighted by atomic mass is 16.2. The van der Waals surface area contributed by atoms with E-state index in [9.17, 15) is 9.59 Å². The highest BCUT2D eigenvalue weighted by molar-refractivity contribution is 5.78. The SMILES string of the molecule is CNC(=O)/N=N/C(N)=O. The minimum Gasteiger partial charge on any atom is -0.348 e. The molecule has 0 fully saturated rings. The molecule has 3 N–H and O–H groups in total. The van der Waals surface area contributed by atoms with E-state index in [0.29, 0.717) is 0 Å². The van der Waals surface area contributed by atoms with E-state index in [-0.39, 0.29) is 0 Å². The summed E-state index contributed by atoms with van der Waals surface area (Å²) in [5.41, 5.74) is 4.52. The van der Waals surface area contributed by atoms with E-state index in [2.05, 4.69) is 21.3 Å². The maximum Gasteiger partial charge on any atom is 0.359 e. The van der Waals surface area contributed by atoms with Gasteiger partial charge in [0.15, 0.2) is 0 Å². The van der Waals surface area contributed by atoms with Crippen LogP contribution in [0.3, 0.4) is 0 Å². The van der Waals surface area contributed by atoms with Gasteiger partial charge in [-0.1, -0.05) is 10.2 Å². The van der Waals surface area contributed by atoms with Crippen molar-refractivity contribution in [3.63, 3.8) is 0 Å². The molecule has 0 aliphatic heterocycles. The van der Waals surface area contributed by atoms with E-state index in [1.165, 1.54) is 7.05 Å². The summed E-state index contributed by atoms with van der Waals surface area (Å²) in [4.78, 5) is 19.9. The van der Waals surface area contributed by atoms with Crippen molar-refractivity contribution in [2.24, 2.45) is 16.0 Å². The van der Waals surface area contributed by atoms with Gasteiger partial charge in [-0.2, -0.15) is 0 Å². The zero-order valence-electron chi connectivity index (χ0n) is 4.79. The second-order valence-corrected chi connectivity index (χ2v) is 1.09. The summed E-state index contributed by atoms with van der Waals surface area (Å²) in [5.74, 6) is 0. The summed E-state index contributed by atoms with van der Waals surface area (Å²) >= 11 is 0. The summed E-state index contributed by atoms with van der Waals surface area (Å²) in [7, 11) is 1.36. The number of azo groups is 1. The van der Waals surface area contributed by atoms with Gasteiger partial charge in [-0.15, -0.1) is 0 Å². The summed E-state index contributed by atoms with van der Waals surface area (Å²) in [6.07, 6.45) is 0. The number of nitrogens with zero attached hydrogens (tertiary/aromatic N) is 2. The lowest BCUT2D eigenvalue weighted by Gasteiger charge is -1.83. The van der Waals surface area contributed by atoms with Crippen LogP contribution in [0, 0.1) is 0 Å². The molecule has 0 aromatic rings. The van der Waals surface area contributed by atoms with Crippen molar-refractivity contribution in [1.82, 2.24) is 5.32 Å². The van der Waals surface area contributed by atoms with Crippen molar-refractivity contribution in [2.45, 2.75) is 0 Å². The highest BCUT2D eigenvalue weighted by Crippen LogP contribution is 1.75. The van der Waals surface area contributed by atoms with E-state index in [1.807, 2.05) is 0 Å². The van der Waals surface area contributed by atoms with Gasteiger partial charge >= 0.3 is 12.1 Å². The third-order valence-electron chi connectivity index (χ3n) is 0.453. The second-order valence-electron chi connectivity index (χ2n) is 1.09. The Labute approximate surface area is 51.1 Å². The minimum absolute atomic E-state index is 0.700. The van der Waals surface area contributed by atoms with Crippen molar-refractivity contribution in [1.29, 1.82) is 0 Å². The Balaban J connectivity index is 3.71. The van der Waals surface area contributed by atoms with Crippen LogP contribution in [0.15, 0.2) is 10.2 Å². The number of nitrogens with one attached hydrogen (secondary N) is 1. The van der Waals surface area contributed by atoms with Gasteiger partial charge in [-0.3, -0.25) is 0 Å². The molecule has 0 heterocycles. The van der Waals surface area contributed by atoms with Crippen LogP contribution in [0.25, 0.3) is 0 Å². The molecule has 0 aromatic carbocycles. The third kappa shape index (κ3) is 4.39. The number of primary amides is 1. The maximum atomic E-state index is 10.1. The Morgan fingerprint density at radius 1 is 1.44 bits per heavy atom. The molecule has 6 heteroatoms. The lowest BCUT2D eigenvalue weighted by atomic mass is 11.0. The molecular weight excluding hydrogens is 124 g/mol. The molecule has 0 radical (unpaired) electrons. The summed E-state index contributed by atoms with van der Waals surface area (Å²) in [6.45, 7) is 0. The predicted molar refractivity (Wildman–Crippen MR) is 28.9 cm³/mol. The number of amides is 4. The molecule has 6 nitrogen and oxygen atoms in total. The highest BCUT2D eigenvalue weighted by Gasteiger charge is 1.90. The Morgan fingerprint density at radius 3 is 2.33 bits per heavy atom. The van der Waals surface area contributed by atoms with Crippen molar-refractivity contribution < 1.29 is 9.59 Å². The Hall–Kier alpha value is -1.46. The van der Waals surface area contributed by atoms with Gasteiger partial charge in [-0.05, 0) is 0 Å². The lowest BCUT2D eigenvalue weighted by Crippen LogP contribution is -2.13. The molecule has 0 atom stereocenters. The molecule has 0 saturated heterocycles. The fourth-order valence-corrected chi connectivity index (χ4v) is 0.145. The van der Waals surface area contributed by atoms with Crippen LogP contribution < -0.4 is 11.1 Å². The summed E-state index contributed by atoms with van der Waals surface area (Å²) in [5, 5.41) is 7.70. The Kier molecular flexibility index (Phi) is 2.96. The molecule has 0 bridgehead atoms. The van der Waals surface area contributed by atoms with E-state index >= 15 is 0 Å². The first-order valence-corrected chi connectivity index (χ1v) is 2.09. The fraction of sp³-hybridized carbons (Fsp3) is 0.333. The Morgan fingerprint density at radius 2 is 2.00 bits per heavy atom. The standard InChI is InChI=1S/C3H6N4O2/c1-5-3(9)7-6-2(4)8/h1H3,(H2,4,8)(H,5,9)/b7-6+. The average molecular weight is 130 g/mol. The molecular formula is C3H6N4O2. The molecule has 0 saturated carbocycles.